The normalized spacial score (nSPS) is 17.8. The Balaban J connectivity index is 0.00000205. The zero-order valence-corrected chi connectivity index (χ0v) is 16.4. The van der Waals surface area contributed by atoms with Crippen molar-refractivity contribution in [2.75, 3.05) is 20.3 Å². The number of aliphatic hydroxyl groups excluding tert-OH is 1. The number of benzene rings is 2. The molecular formula is C24H30N2O3. The molecule has 3 heterocycles. The van der Waals surface area contributed by atoms with Gasteiger partial charge in [0.05, 0.1) is 19.2 Å². The zero-order valence-electron chi connectivity index (χ0n) is 16.4. The van der Waals surface area contributed by atoms with Crippen molar-refractivity contribution in [1.82, 2.24) is 9.47 Å². The summed E-state index contributed by atoms with van der Waals surface area (Å²) in [5, 5.41) is 11.3. The number of ether oxygens (including phenoxy) is 2. The molecule has 0 saturated heterocycles. The number of hydrogen-bond acceptors (Lipinski definition) is 4. The monoisotopic (exact) mass is 394 g/mol. The SMILES string of the molecule is C.CCOc1cc2c(cc1OC)CCN1Cc3c(c4ccccc4n3CO)CC21. The number of aromatic nitrogens is 1. The van der Waals surface area contributed by atoms with Gasteiger partial charge in [-0.3, -0.25) is 4.90 Å². The highest BCUT2D eigenvalue weighted by atomic mass is 16.5. The second kappa shape index (κ2) is 7.73. The third kappa shape index (κ3) is 3.00. The Hall–Kier alpha value is -2.50. The van der Waals surface area contributed by atoms with Crippen LogP contribution in [0.25, 0.3) is 10.9 Å². The van der Waals surface area contributed by atoms with Gasteiger partial charge in [-0.1, -0.05) is 25.6 Å². The molecule has 1 N–H and O–H groups in total. The van der Waals surface area contributed by atoms with Crippen molar-refractivity contribution in [3.8, 4) is 11.5 Å². The Labute approximate surface area is 172 Å². The summed E-state index contributed by atoms with van der Waals surface area (Å²) in [5.74, 6) is 1.65. The van der Waals surface area contributed by atoms with Gasteiger partial charge >= 0.3 is 0 Å². The van der Waals surface area contributed by atoms with Crippen LogP contribution in [-0.4, -0.2) is 34.8 Å². The summed E-state index contributed by atoms with van der Waals surface area (Å²) in [5.41, 5.74) is 6.45. The highest BCUT2D eigenvalue weighted by molar-refractivity contribution is 5.86. The lowest BCUT2D eigenvalue weighted by Crippen LogP contribution is -2.39. The van der Waals surface area contributed by atoms with Crippen molar-refractivity contribution >= 4 is 10.9 Å². The summed E-state index contributed by atoms with van der Waals surface area (Å²) in [6.07, 6.45) is 1.96. The van der Waals surface area contributed by atoms with Crippen LogP contribution in [0.3, 0.4) is 0 Å². The molecule has 2 aliphatic rings. The number of aliphatic hydroxyl groups is 1. The highest BCUT2D eigenvalue weighted by Gasteiger charge is 2.35. The maximum Gasteiger partial charge on any atom is 0.161 e. The molecule has 5 heteroatoms. The second-order valence-corrected chi connectivity index (χ2v) is 7.59. The Morgan fingerprint density at radius 2 is 2.00 bits per heavy atom. The van der Waals surface area contributed by atoms with Crippen LogP contribution in [-0.2, 0) is 26.1 Å². The van der Waals surface area contributed by atoms with Crippen molar-refractivity contribution in [1.29, 1.82) is 0 Å². The Bertz CT molecular complexity index is 1040. The van der Waals surface area contributed by atoms with Gasteiger partial charge in [-0.15, -0.1) is 0 Å². The van der Waals surface area contributed by atoms with Gasteiger partial charge in [-0.05, 0) is 54.7 Å². The van der Waals surface area contributed by atoms with Crippen LogP contribution in [0.5, 0.6) is 11.5 Å². The summed E-state index contributed by atoms with van der Waals surface area (Å²) in [4.78, 5) is 2.54. The van der Waals surface area contributed by atoms with Crippen molar-refractivity contribution in [2.24, 2.45) is 0 Å². The third-order valence-corrected chi connectivity index (χ3v) is 6.28. The van der Waals surface area contributed by atoms with Gasteiger partial charge < -0.3 is 19.1 Å². The van der Waals surface area contributed by atoms with E-state index in [1.165, 1.54) is 27.8 Å². The maximum atomic E-state index is 10.0. The van der Waals surface area contributed by atoms with Crippen LogP contribution in [0, 0.1) is 0 Å². The van der Waals surface area contributed by atoms with Gasteiger partial charge in [0.15, 0.2) is 11.5 Å². The van der Waals surface area contributed by atoms with E-state index in [-0.39, 0.29) is 14.2 Å². The number of rotatable bonds is 4. The van der Waals surface area contributed by atoms with Gasteiger partial charge in [0, 0.05) is 30.2 Å². The van der Waals surface area contributed by atoms with Crippen LogP contribution < -0.4 is 9.47 Å². The minimum absolute atomic E-state index is 0. The van der Waals surface area contributed by atoms with E-state index in [9.17, 15) is 5.11 Å². The van der Waals surface area contributed by atoms with Crippen LogP contribution >= 0.6 is 0 Å². The van der Waals surface area contributed by atoms with E-state index in [1.54, 1.807) is 7.11 Å². The molecule has 2 aliphatic heterocycles. The van der Waals surface area contributed by atoms with Gasteiger partial charge in [0.25, 0.3) is 0 Å². The summed E-state index contributed by atoms with van der Waals surface area (Å²) < 4.78 is 13.5. The molecular weight excluding hydrogens is 364 g/mol. The van der Waals surface area contributed by atoms with Crippen LogP contribution in [0.2, 0.25) is 0 Å². The fraction of sp³-hybridized carbons (Fsp3) is 0.417. The zero-order chi connectivity index (χ0) is 19.3. The van der Waals surface area contributed by atoms with Crippen LogP contribution in [0.15, 0.2) is 36.4 Å². The van der Waals surface area contributed by atoms with E-state index in [0.29, 0.717) is 12.6 Å². The molecule has 0 radical (unpaired) electrons. The first kappa shape index (κ1) is 19.8. The average Bonchev–Trinajstić information content (AvgIpc) is 3.04. The van der Waals surface area contributed by atoms with Crippen LogP contribution in [0.1, 0.15) is 42.8 Å². The van der Waals surface area contributed by atoms with E-state index < -0.39 is 0 Å². The molecule has 154 valence electrons. The predicted molar refractivity (Wildman–Crippen MR) is 116 cm³/mol. The van der Waals surface area contributed by atoms with Gasteiger partial charge in [-0.25, -0.2) is 0 Å². The molecule has 1 atom stereocenters. The molecule has 5 nitrogen and oxygen atoms in total. The molecule has 1 aromatic heterocycles. The Morgan fingerprint density at radius 1 is 1.17 bits per heavy atom. The number of para-hydroxylation sites is 1. The van der Waals surface area contributed by atoms with E-state index in [4.69, 9.17) is 9.47 Å². The molecule has 0 amide bonds. The first-order valence-corrected chi connectivity index (χ1v) is 10.0. The Kier molecular flexibility index (Phi) is 5.28. The van der Waals surface area contributed by atoms with Crippen molar-refractivity contribution < 1.29 is 14.6 Å². The first-order valence-electron chi connectivity index (χ1n) is 10.0. The fourth-order valence-corrected chi connectivity index (χ4v) is 5.00. The van der Waals surface area contributed by atoms with E-state index in [1.807, 2.05) is 13.0 Å². The Morgan fingerprint density at radius 3 is 2.76 bits per heavy atom. The number of nitrogens with zero attached hydrogens (tertiary/aromatic N) is 2. The largest absolute Gasteiger partial charge is 0.493 e. The first-order chi connectivity index (χ1) is 13.7. The molecule has 0 bridgehead atoms. The van der Waals surface area contributed by atoms with Crippen molar-refractivity contribution in [2.45, 2.75) is 46.5 Å². The van der Waals surface area contributed by atoms with E-state index in [2.05, 4.69) is 39.8 Å². The molecule has 0 spiro atoms. The second-order valence-electron chi connectivity index (χ2n) is 7.59. The summed E-state index contributed by atoms with van der Waals surface area (Å²) in [7, 11) is 1.70. The maximum absolute atomic E-state index is 10.0. The van der Waals surface area contributed by atoms with E-state index in [0.717, 1.165) is 42.9 Å². The number of fused-ring (bicyclic) bond motifs is 6. The number of hydrogen-bond donors (Lipinski definition) is 1. The molecule has 5 rings (SSSR count). The average molecular weight is 395 g/mol. The molecule has 0 saturated carbocycles. The minimum atomic E-state index is 0. The van der Waals surface area contributed by atoms with Gasteiger partial charge in [0.1, 0.15) is 6.73 Å². The molecule has 0 fully saturated rings. The van der Waals surface area contributed by atoms with Gasteiger partial charge in [0.2, 0.25) is 0 Å². The van der Waals surface area contributed by atoms with Crippen LogP contribution in [0.4, 0.5) is 0 Å². The van der Waals surface area contributed by atoms with Gasteiger partial charge in [-0.2, -0.15) is 0 Å². The quantitative estimate of drug-likeness (QED) is 0.717. The molecule has 0 aliphatic carbocycles. The standard InChI is InChI=1S/C23H26N2O3.CH4/c1-3-28-23-12-17-15(10-22(23)27-2)8-9-24-13-21-18(11-20(17)24)16-6-4-5-7-19(16)25(21)14-26;/h4-7,10,12,20,26H,3,8-9,11,13-14H2,1-2H3;1H4. The fourth-order valence-electron chi connectivity index (χ4n) is 5.00. The highest BCUT2D eigenvalue weighted by Crippen LogP contribution is 2.44. The van der Waals surface area contributed by atoms with Crippen molar-refractivity contribution in [3.05, 3.63) is 58.8 Å². The molecule has 1 unspecified atom stereocenters. The topological polar surface area (TPSA) is 46.9 Å². The lowest BCUT2D eigenvalue weighted by atomic mass is 9.85. The molecule has 29 heavy (non-hydrogen) atoms. The number of methoxy groups -OCH3 is 1. The minimum Gasteiger partial charge on any atom is -0.493 e. The summed E-state index contributed by atoms with van der Waals surface area (Å²) >= 11 is 0. The third-order valence-electron chi connectivity index (χ3n) is 6.28. The predicted octanol–water partition coefficient (Wildman–Crippen LogP) is 4.29. The lowest BCUT2D eigenvalue weighted by molar-refractivity contribution is 0.145. The molecule has 2 aromatic carbocycles. The van der Waals surface area contributed by atoms with E-state index >= 15 is 0 Å². The summed E-state index contributed by atoms with van der Waals surface area (Å²) in [6, 6.07) is 13.1. The smallest absolute Gasteiger partial charge is 0.161 e. The molecule has 3 aromatic rings. The van der Waals surface area contributed by atoms with Crippen molar-refractivity contribution in [3.63, 3.8) is 0 Å². The summed E-state index contributed by atoms with van der Waals surface area (Å²) in [6.45, 7) is 4.53. The lowest BCUT2D eigenvalue weighted by Gasteiger charge is -2.41.